The van der Waals surface area contributed by atoms with Crippen LogP contribution in [0.3, 0.4) is 0 Å². The molecule has 3 rings (SSSR count). The molecule has 23 heavy (non-hydrogen) atoms. The number of rotatable bonds is 3. The van der Waals surface area contributed by atoms with Gasteiger partial charge in [0.2, 0.25) is 0 Å². The van der Waals surface area contributed by atoms with E-state index >= 15 is 0 Å². The average Bonchev–Trinajstić information content (AvgIpc) is 2.92. The van der Waals surface area contributed by atoms with Crippen molar-refractivity contribution in [1.29, 1.82) is 0 Å². The Labute approximate surface area is 145 Å². The molecule has 1 aromatic heterocycles. The summed E-state index contributed by atoms with van der Waals surface area (Å²) in [6, 6.07) is 10.3. The van der Waals surface area contributed by atoms with Crippen LogP contribution in [0, 0.1) is 0 Å². The van der Waals surface area contributed by atoms with Crippen molar-refractivity contribution in [3.63, 3.8) is 0 Å². The monoisotopic (exact) mass is 346 g/mol. The number of hydrogen-bond donors (Lipinski definition) is 1. The number of likely N-dealkylation sites (N-methyl/N-ethyl adjacent to an activating group) is 1. The number of aliphatic imine (C=N–C) groups is 1. The zero-order chi connectivity index (χ0) is 16.4. The molecular formula is C17H19ClN4S. The first kappa shape index (κ1) is 16.2. The van der Waals surface area contributed by atoms with Crippen LogP contribution in [-0.2, 0) is 6.54 Å². The number of hydrazone groups is 1. The molecular weight excluding hydrogens is 328 g/mol. The normalized spacial score (nSPS) is 19.3. The van der Waals surface area contributed by atoms with Gasteiger partial charge in [-0.15, -0.1) is 11.3 Å². The van der Waals surface area contributed by atoms with E-state index in [2.05, 4.69) is 40.2 Å². The summed E-state index contributed by atoms with van der Waals surface area (Å²) in [5, 5.41) is 3.91. The maximum atomic E-state index is 6.27. The minimum atomic E-state index is 0.255. The molecule has 0 aliphatic carbocycles. The lowest BCUT2D eigenvalue weighted by Gasteiger charge is -2.31. The van der Waals surface area contributed by atoms with Gasteiger partial charge in [0.1, 0.15) is 5.71 Å². The van der Waals surface area contributed by atoms with Crippen molar-refractivity contribution in [3.8, 4) is 0 Å². The van der Waals surface area contributed by atoms with E-state index in [1.54, 1.807) is 24.6 Å². The van der Waals surface area contributed by atoms with E-state index in [0.29, 0.717) is 5.71 Å². The Morgan fingerprint density at radius 1 is 1.39 bits per heavy atom. The predicted molar refractivity (Wildman–Crippen MR) is 99.1 cm³/mol. The second-order valence-corrected chi connectivity index (χ2v) is 7.44. The van der Waals surface area contributed by atoms with E-state index in [0.717, 1.165) is 23.0 Å². The van der Waals surface area contributed by atoms with Crippen molar-refractivity contribution in [2.24, 2.45) is 15.9 Å². The number of benzene rings is 1. The molecule has 0 amide bonds. The minimum Gasteiger partial charge on any atom is -0.323 e. The molecule has 0 bridgehead atoms. The number of fused-ring (bicyclic) bond motifs is 1. The second-order valence-electron chi connectivity index (χ2n) is 5.67. The van der Waals surface area contributed by atoms with Gasteiger partial charge in [-0.1, -0.05) is 35.9 Å². The Kier molecular flexibility index (Phi) is 4.80. The first-order valence-electron chi connectivity index (χ1n) is 7.40. The molecule has 1 aliphatic rings. The van der Waals surface area contributed by atoms with Crippen molar-refractivity contribution in [3.05, 3.63) is 56.2 Å². The highest BCUT2D eigenvalue weighted by molar-refractivity contribution is 7.16. The van der Waals surface area contributed by atoms with Crippen LogP contribution in [0.4, 0.5) is 0 Å². The largest absolute Gasteiger partial charge is 0.323 e. The predicted octanol–water partition coefficient (Wildman–Crippen LogP) is 3.34. The van der Waals surface area contributed by atoms with E-state index in [4.69, 9.17) is 17.4 Å². The quantitative estimate of drug-likeness (QED) is 0.526. The van der Waals surface area contributed by atoms with E-state index in [1.165, 1.54) is 16.0 Å². The minimum absolute atomic E-state index is 0.255. The molecule has 0 saturated carbocycles. The molecule has 0 saturated heterocycles. The number of halogens is 1. The zero-order valence-electron chi connectivity index (χ0n) is 13.2. The maximum absolute atomic E-state index is 6.27. The van der Waals surface area contributed by atoms with E-state index in [9.17, 15) is 0 Å². The van der Waals surface area contributed by atoms with Gasteiger partial charge in [0.05, 0.1) is 4.34 Å². The SMILES string of the molecule is CN=C/C(=N\N)c1ccccc1C1CN(C)Cc2sc(Cl)cc21. The van der Waals surface area contributed by atoms with Crippen LogP contribution in [0.2, 0.25) is 4.34 Å². The van der Waals surface area contributed by atoms with E-state index in [-0.39, 0.29) is 5.92 Å². The summed E-state index contributed by atoms with van der Waals surface area (Å²) in [5.41, 5.74) is 4.24. The molecule has 1 aromatic carbocycles. The third-order valence-corrected chi connectivity index (χ3v) is 5.36. The Balaban J connectivity index is 2.13. The van der Waals surface area contributed by atoms with Gasteiger partial charge in [0.25, 0.3) is 0 Å². The fraction of sp³-hybridized carbons (Fsp3) is 0.294. The third kappa shape index (κ3) is 3.17. The number of nitrogens with two attached hydrogens (primary N) is 1. The van der Waals surface area contributed by atoms with Gasteiger partial charge in [-0.2, -0.15) is 5.10 Å². The zero-order valence-corrected chi connectivity index (χ0v) is 14.7. The Hall–Kier alpha value is -1.69. The molecule has 1 unspecified atom stereocenters. The molecule has 4 nitrogen and oxygen atoms in total. The molecule has 0 spiro atoms. The fourth-order valence-corrected chi connectivity index (χ4v) is 4.56. The van der Waals surface area contributed by atoms with Crippen LogP contribution in [0.15, 0.2) is 40.4 Å². The van der Waals surface area contributed by atoms with Crippen molar-refractivity contribution in [1.82, 2.24) is 4.90 Å². The Morgan fingerprint density at radius 3 is 2.91 bits per heavy atom. The smallest absolute Gasteiger partial charge is 0.108 e. The first-order valence-corrected chi connectivity index (χ1v) is 8.59. The summed E-state index contributed by atoms with van der Waals surface area (Å²) < 4.78 is 0.843. The summed E-state index contributed by atoms with van der Waals surface area (Å²) >= 11 is 7.93. The maximum Gasteiger partial charge on any atom is 0.108 e. The van der Waals surface area contributed by atoms with Gasteiger partial charge in [-0.05, 0) is 24.2 Å². The van der Waals surface area contributed by atoms with Crippen LogP contribution in [0.25, 0.3) is 0 Å². The number of hydrogen-bond acceptors (Lipinski definition) is 5. The third-order valence-electron chi connectivity index (χ3n) is 4.10. The highest BCUT2D eigenvalue weighted by atomic mass is 35.5. The van der Waals surface area contributed by atoms with Crippen LogP contribution in [0.5, 0.6) is 0 Å². The van der Waals surface area contributed by atoms with Gasteiger partial charge in [0, 0.05) is 42.7 Å². The average molecular weight is 347 g/mol. The number of thiophene rings is 1. The van der Waals surface area contributed by atoms with Gasteiger partial charge < -0.3 is 10.7 Å². The van der Waals surface area contributed by atoms with Crippen LogP contribution < -0.4 is 5.84 Å². The standard InChI is InChI=1S/C17H19ClN4S/c1-20-8-15(21-19)12-6-4-3-5-11(12)14-9-22(2)10-16-13(14)7-17(18)23-16/h3-8,14H,9-10,19H2,1-2H3/b20-8?,21-15+. The molecule has 0 fully saturated rings. The van der Waals surface area contributed by atoms with Crippen molar-refractivity contribution >= 4 is 34.9 Å². The summed E-state index contributed by atoms with van der Waals surface area (Å²) in [7, 11) is 3.86. The topological polar surface area (TPSA) is 54.0 Å². The summed E-state index contributed by atoms with van der Waals surface area (Å²) in [5.74, 6) is 5.84. The molecule has 1 aliphatic heterocycles. The highest BCUT2D eigenvalue weighted by Crippen LogP contribution is 2.40. The van der Waals surface area contributed by atoms with Crippen molar-refractivity contribution < 1.29 is 0 Å². The van der Waals surface area contributed by atoms with Crippen LogP contribution >= 0.6 is 22.9 Å². The second kappa shape index (κ2) is 6.83. The molecule has 6 heteroatoms. The van der Waals surface area contributed by atoms with Gasteiger partial charge in [0.15, 0.2) is 0 Å². The molecule has 2 heterocycles. The first-order chi connectivity index (χ1) is 11.1. The summed E-state index contributed by atoms with van der Waals surface area (Å²) in [6.45, 7) is 1.89. The van der Waals surface area contributed by atoms with Gasteiger partial charge in [-0.25, -0.2) is 0 Å². The fourth-order valence-electron chi connectivity index (χ4n) is 3.14. The summed E-state index contributed by atoms with van der Waals surface area (Å²) in [6.07, 6.45) is 1.70. The lowest BCUT2D eigenvalue weighted by atomic mass is 9.85. The van der Waals surface area contributed by atoms with Gasteiger partial charge >= 0.3 is 0 Å². The molecule has 1 atom stereocenters. The van der Waals surface area contributed by atoms with Gasteiger partial charge in [-0.3, -0.25) is 4.99 Å². The Bertz CT molecular complexity index is 766. The van der Waals surface area contributed by atoms with Crippen LogP contribution in [0.1, 0.15) is 27.5 Å². The van der Waals surface area contributed by atoms with Crippen molar-refractivity contribution in [2.45, 2.75) is 12.5 Å². The van der Waals surface area contributed by atoms with Crippen LogP contribution in [-0.4, -0.2) is 37.5 Å². The lowest BCUT2D eigenvalue weighted by molar-refractivity contribution is 0.299. The molecule has 120 valence electrons. The highest BCUT2D eigenvalue weighted by Gasteiger charge is 2.29. The number of nitrogens with zero attached hydrogens (tertiary/aromatic N) is 3. The van der Waals surface area contributed by atoms with E-state index in [1.807, 2.05) is 12.1 Å². The lowest BCUT2D eigenvalue weighted by Crippen LogP contribution is -2.30. The molecule has 2 N–H and O–H groups in total. The molecule has 2 aromatic rings. The molecule has 0 radical (unpaired) electrons. The Morgan fingerprint density at radius 2 is 2.17 bits per heavy atom. The van der Waals surface area contributed by atoms with Crippen molar-refractivity contribution in [2.75, 3.05) is 20.6 Å². The van der Waals surface area contributed by atoms with E-state index < -0.39 is 0 Å². The summed E-state index contributed by atoms with van der Waals surface area (Å²) in [4.78, 5) is 7.72.